The van der Waals surface area contributed by atoms with E-state index in [1.54, 1.807) is 0 Å². The number of thiazole rings is 1. The third-order valence-corrected chi connectivity index (χ3v) is 4.76. The number of hydrogen-bond donors (Lipinski definition) is 1. The molecule has 18 heavy (non-hydrogen) atoms. The summed E-state index contributed by atoms with van der Waals surface area (Å²) in [6, 6.07) is 8.36. The number of H-pyrrole nitrogens is 1. The van der Waals surface area contributed by atoms with Crippen LogP contribution in [0.1, 0.15) is 35.2 Å². The molecule has 90 valence electrons. The van der Waals surface area contributed by atoms with E-state index in [2.05, 4.69) is 28.2 Å². The zero-order valence-corrected chi connectivity index (χ0v) is 10.7. The lowest BCUT2D eigenvalue weighted by molar-refractivity contribution is 0.597. The molecule has 2 aromatic heterocycles. The number of para-hydroxylation sites is 1. The summed E-state index contributed by atoms with van der Waals surface area (Å²) in [7, 11) is 0. The van der Waals surface area contributed by atoms with Crippen molar-refractivity contribution in [2.45, 2.75) is 25.2 Å². The number of rotatable bonds is 1. The number of nitrogens with one attached hydrogen (secondary N) is 1. The lowest BCUT2D eigenvalue weighted by Crippen LogP contribution is -2.10. The molecule has 0 aliphatic heterocycles. The fraction of sp³-hybridized carbons (Fsp3) is 0.286. The average Bonchev–Trinajstić information content (AvgIpc) is 3.04. The standard InChI is InChI=1S/C14H13N3S/c1-2-7-12-10(5-1)17-14(18-12)9-4-3-6-11-13(9)16-8-15-11/h1-2,5,7-9H,3-4,6H2,(H,15,16)/t9-/m0/s1. The molecule has 4 heteroatoms. The van der Waals surface area contributed by atoms with Crippen molar-refractivity contribution in [3.05, 3.63) is 47.0 Å². The van der Waals surface area contributed by atoms with Gasteiger partial charge in [-0.1, -0.05) is 12.1 Å². The number of aromatic amines is 1. The molecule has 4 rings (SSSR count). The normalized spacial score (nSPS) is 19.0. The van der Waals surface area contributed by atoms with Crippen molar-refractivity contribution in [1.82, 2.24) is 15.0 Å². The van der Waals surface area contributed by atoms with E-state index in [-0.39, 0.29) is 0 Å². The van der Waals surface area contributed by atoms with E-state index in [9.17, 15) is 0 Å². The highest BCUT2D eigenvalue weighted by molar-refractivity contribution is 7.18. The predicted octanol–water partition coefficient (Wildman–Crippen LogP) is 3.49. The summed E-state index contributed by atoms with van der Waals surface area (Å²) >= 11 is 1.81. The van der Waals surface area contributed by atoms with Crippen LogP contribution in [0.4, 0.5) is 0 Å². The molecule has 1 aliphatic carbocycles. The van der Waals surface area contributed by atoms with Crippen molar-refractivity contribution >= 4 is 21.6 Å². The minimum atomic E-state index is 0.411. The Hall–Kier alpha value is -1.68. The maximum absolute atomic E-state index is 4.79. The number of aromatic nitrogens is 3. The maximum Gasteiger partial charge on any atom is 0.103 e. The first kappa shape index (κ1) is 10.3. The van der Waals surface area contributed by atoms with Crippen LogP contribution >= 0.6 is 11.3 Å². The molecule has 3 aromatic rings. The Balaban J connectivity index is 1.84. The van der Waals surface area contributed by atoms with Gasteiger partial charge >= 0.3 is 0 Å². The molecular weight excluding hydrogens is 242 g/mol. The molecule has 0 fully saturated rings. The number of fused-ring (bicyclic) bond motifs is 2. The summed E-state index contributed by atoms with van der Waals surface area (Å²) in [6.45, 7) is 0. The summed E-state index contributed by atoms with van der Waals surface area (Å²) < 4.78 is 1.28. The SMILES string of the molecule is c1ccc2sc([C@H]3CCCc4nc[nH]c43)nc2c1. The van der Waals surface area contributed by atoms with Crippen LogP contribution in [-0.2, 0) is 6.42 Å². The second kappa shape index (κ2) is 3.92. The van der Waals surface area contributed by atoms with E-state index in [1.807, 2.05) is 23.7 Å². The number of benzene rings is 1. The molecule has 1 aliphatic rings. The highest BCUT2D eigenvalue weighted by Crippen LogP contribution is 2.38. The van der Waals surface area contributed by atoms with E-state index in [1.165, 1.54) is 33.9 Å². The van der Waals surface area contributed by atoms with Gasteiger partial charge in [-0.25, -0.2) is 9.97 Å². The molecule has 0 radical (unpaired) electrons. The Morgan fingerprint density at radius 2 is 2.22 bits per heavy atom. The van der Waals surface area contributed by atoms with E-state index >= 15 is 0 Å². The Morgan fingerprint density at radius 3 is 3.17 bits per heavy atom. The number of aryl methyl sites for hydroxylation is 1. The Labute approximate surface area is 109 Å². The Morgan fingerprint density at radius 1 is 1.28 bits per heavy atom. The molecular formula is C14H13N3S. The lowest BCUT2D eigenvalue weighted by Gasteiger charge is -2.19. The molecule has 0 bridgehead atoms. The molecule has 0 amide bonds. The molecule has 3 nitrogen and oxygen atoms in total. The average molecular weight is 255 g/mol. The molecule has 1 N–H and O–H groups in total. The molecule has 2 heterocycles. The van der Waals surface area contributed by atoms with Crippen LogP contribution < -0.4 is 0 Å². The fourth-order valence-electron chi connectivity index (χ4n) is 2.74. The van der Waals surface area contributed by atoms with E-state index < -0.39 is 0 Å². The largest absolute Gasteiger partial charge is 0.348 e. The highest BCUT2D eigenvalue weighted by atomic mass is 32.1. The zero-order chi connectivity index (χ0) is 11.9. The van der Waals surface area contributed by atoms with Gasteiger partial charge < -0.3 is 4.98 Å². The van der Waals surface area contributed by atoms with Crippen molar-refractivity contribution in [2.75, 3.05) is 0 Å². The van der Waals surface area contributed by atoms with Crippen LogP contribution in [0.3, 0.4) is 0 Å². The van der Waals surface area contributed by atoms with Gasteiger partial charge in [0.2, 0.25) is 0 Å². The van der Waals surface area contributed by atoms with Gasteiger partial charge in [0.25, 0.3) is 0 Å². The van der Waals surface area contributed by atoms with Crippen molar-refractivity contribution in [3.63, 3.8) is 0 Å². The van der Waals surface area contributed by atoms with Gasteiger partial charge in [-0.05, 0) is 31.4 Å². The second-order valence-electron chi connectivity index (χ2n) is 4.73. The fourth-order valence-corrected chi connectivity index (χ4v) is 3.85. The van der Waals surface area contributed by atoms with Gasteiger partial charge in [-0.3, -0.25) is 0 Å². The van der Waals surface area contributed by atoms with Crippen LogP contribution in [0.2, 0.25) is 0 Å². The first-order valence-electron chi connectivity index (χ1n) is 6.29. The van der Waals surface area contributed by atoms with Crippen LogP contribution in [0.5, 0.6) is 0 Å². The third kappa shape index (κ3) is 1.49. The summed E-state index contributed by atoms with van der Waals surface area (Å²) in [4.78, 5) is 12.5. The zero-order valence-electron chi connectivity index (χ0n) is 9.89. The predicted molar refractivity (Wildman–Crippen MR) is 73.0 cm³/mol. The molecule has 0 spiro atoms. The molecule has 1 aromatic carbocycles. The number of imidazole rings is 1. The highest BCUT2D eigenvalue weighted by Gasteiger charge is 2.26. The van der Waals surface area contributed by atoms with E-state index in [4.69, 9.17) is 4.98 Å². The van der Waals surface area contributed by atoms with Gasteiger partial charge in [-0.15, -0.1) is 11.3 Å². The topological polar surface area (TPSA) is 41.6 Å². The van der Waals surface area contributed by atoms with Crippen molar-refractivity contribution in [3.8, 4) is 0 Å². The van der Waals surface area contributed by atoms with Crippen LogP contribution in [0, 0.1) is 0 Å². The summed E-state index contributed by atoms with van der Waals surface area (Å²) in [5.41, 5.74) is 3.62. The second-order valence-corrected chi connectivity index (χ2v) is 5.79. The smallest absolute Gasteiger partial charge is 0.103 e. The first-order chi connectivity index (χ1) is 8.92. The molecule has 0 unspecified atom stereocenters. The van der Waals surface area contributed by atoms with Crippen molar-refractivity contribution in [1.29, 1.82) is 0 Å². The van der Waals surface area contributed by atoms with Crippen molar-refractivity contribution < 1.29 is 0 Å². The van der Waals surface area contributed by atoms with Crippen LogP contribution in [-0.4, -0.2) is 15.0 Å². The molecule has 1 atom stereocenters. The Kier molecular flexibility index (Phi) is 2.23. The number of nitrogens with zero attached hydrogens (tertiary/aromatic N) is 2. The minimum Gasteiger partial charge on any atom is -0.348 e. The maximum atomic E-state index is 4.79. The van der Waals surface area contributed by atoms with E-state index in [0.717, 1.165) is 11.9 Å². The van der Waals surface area contributed by atoms with Crippen LogP contribution in [0.25, 0.3) is 10.2 Å². The Bertz CT molecular complexity index is 665. The van der Waals surface area contributed by atoms with Gasteiger partial charge in [-0.2, -0.15) is 0 Å². The monoisotopic (exact) mass is 255 g/mol. The third-order valence-electron chi connectivity index (χ3n) is 3.61. The lowest BCUT2D eigenvalue weighted by atomic mass is 9.90. The van der Waals surface area contributed by atoms with Gasteiger partial charge in [0.15, 0.2) is 0 Å². The van der Waals surface area contributed by atoms with Crippen LogP contribution in [0.15, 0.2) is 30.6 Å². The summed E-state index contributed by atoms with van der Waals surface area (Å²) in [5, 5.41) is 1.22. The summed E-state index contributed by atoms with van der Waals surface area (Å²) in [6.07, 6.45) is 5.30. The van der Waals surface area contributed by atoms with Gasteiger partial charge in [0.05, 0.1) is 28.2 Å². The minimum absolute atomic E-state index is 0.411. The van der Waals surface area contributed by atoms with Crippen molar-refractivity contribution in [2.24, 2.45) is 0 Å². The van der Waals surface area contributed by atoms with Gasteiger partial charge in [0.1, 0.15) is 5.01 Å². The summed E-state index contributed by atoms with van der Waals surface area (Å²) in [5.74, 6) is 0.411. The molecule has 0 saturated heterocycles. The van der Waals surface area contributed by atoms with E-state index in [0.29, 0.717) is 5.92 Å². The van der Waals surface area contributed by atoms with Gasteiger partial charge in [0, 0.05) is 5.69 Å². The first-order valence-corrected chi connectivity index (χ1v) is 7.11. The number of hydrogen-bond acceptors (Lipinski definition) is 3. The molecule has 0 saturated carbocycles. The quantitative estimate of drug-likeness (QED) is 0.723.